The molecule has 1 aliphatic rings. The largest absolute Gasteiger partial charge is 0.495 e. The Balaban J connectivity index is 1.30. The number of hydrogen-bond donors (Lipinski definition) is 1. The second-order valence-corrected chi connectivity index (χ2v) is 7.70. The fourth-order valence-corrected chi connectivity index (χ4v) is 3.91. The van der Waals surface area contributed by atoms with Gasteiger partial charge < -0.3 is 19.2 Å². The van der Waals surface area contributed by atoms with E-state index in [-0.39, 0.29) is 16.7 Å². The van der Waals surface area contributed by atoms with Crippen LogP contribution in [0.1, 0.15) is 31.1 Å². The van der Waals surface area contributed by atoms with Crippen molar-refractivity contribution in [2.45, 2.75) is 0 Å². The SMILES string of the molecule is COc1cc2c(cc1NC(=O)COC(=O)c1ccc3c(c1)C(=O)N(C)C3=O)oc1ccccc12. The molecule has 0 radical (unpaired) electrons. The van der Waals surface area contributed by atoms with Gasteiger partial charge in [0.1, 0.15) is 16.9 Å². The summed E-state index contributed by atoms with van der Waals surface area (Å²) in [6.07, 6.45) is 0. The van der Waals surface area contributed by atoms with Crippen molar-refractivity contribution >= 4 is 51.3 Å². The van der Waals surface area contributed by atoms with E-state index in [2.05, 4.69) is 5.32 Å². The molecule has 1 N–H and O–H groups in total. The lowest BCUT2D eigenvalue weighted by Gasteiger charge is -2.11. The average Bonchev–Trinajstić information content (AvgIpc) is 3.31. The summed E-state index contributed by atoms with van der Waals surface area (Å²) in [6.45, 7) is -0.565. The molecule has 0 saturated heterocycles. The number of carbonyl (C=O) groups excluding carboxylic acids is 4. The monoisotopic (exact) mass is 458 g/mol. The molecular weight excluding hydrogens is 440 g/mol. The first-order chi connectivity index (χ1) is 16.4. The number of amides is 3. The van der Waals surface area contributed by atoms with Gasteiger partial charge in [-0.2, -0.15) is 0 Å². The van der Waals surface area contributed by atoms with Gasteiger partial charge >= 0.3 is 5.97 Å². The van der Waals surface area contributed by atoms with Gasteiger partial charge in [0, 0.05) is 23.9 Å². The molecule has 2 heterocycles. The van der Waals surface area contributed by atoms with Crippen LogP contribution in [0.4, 0.5) is 5.69 Å². The number of para-hydroxylation sites is 1. The van der Waals surface area contributed by atoms with E-state index < -0.39 is 30.3 Å². The Morgan fingerprint density at radius 2 is 1.71 bits per heavy atom. The predicted molar refractivity (Wildman–Crippen MR) is 122 cm³/mol. The number of benzene rings is 3. The molecule has 0 fully saturated rings. The lowest BCUT2D eigenvalue weighted by molar-refractivity contribution is -0.119. The molecule has 0 atom stereocenters. The molecule has 4 aromatic rings. The van der Waals surface area contributed by atoms with E-state index in [4.69, 9.17) is 13.9 Å². The summed E-state index contributed by atoms with van der Waals surface area (Å²) in [5, 5.41) is 4.42. The molecule has 0 aliphatic carbocycles. The van der Waals surface area contributed by atoms with Crippen LogP contribution in [0.3, 0.4) is 0 Å². The van der Waals surface area contributed by atoms with E-state index in [1.807, 2.05) is 24.3 Å². The van der Waals surface area contributed by atoms with E-state index in [1.54, 1.807) is 12.1 Å². The number of carbonyl (C=O) groups is 4. The van der Waals surface area contributed by atoms with Gasteiger partial charge in [0.25, 0.3) is 17.7 Å². The Morgan fingerprint density at radius 3 is 2.50 bits per heavy atom. The molecule has 3 aromatic carbocycles. The minimum absolute atomic E-state index is 0.0595. The second kappa shape index (κ2) is 8.04. The molecule has 5 rings (SSSR count). The number of rotatable bonds is 5. The highest BCUT2D eigenvalue weighted by Gasteiger charge is 2.33. The molecular formula is C25H18N2O7. The van der Waals surface area contributed by atoms with Crippen LogP contribution in [-0.2, 0) is 9.53 Å². The Labute approximate surface area is 192 Å². The van der Waals surface area contributed by atoms with Crippen molar-refractivity contribution in [3.8, 4) is 5.75 Å². The van der Waals surface area contributed by atoms with Crippen molar-refractivity contribution in [2.75, 3.05) is 26.1 Å². The number of anilines is 1. The van der Waals surface area contributed by atoms with Crippen LogP contribution in [0.15, 0.2) is 59.0 Å². The molecule has 170 valence electrons. The maximum atomic E-state index is 12.5. The zero-order valence-corrected chi connectivity index (χ0v) is 18.2. The van der Waals surface area contributed by atoms with E-state index in [0.717, 1.165) is 15.7 Å². The van der Waals surface area contributed by atoms with Crippen molar-refractivity contribution < 1.29 is 33.1 Å². The minimum Gasteiger partial charge on any atom is -0.495 e. The summed E-state index contributed by atoms with van der Waals surface area (Å²) in [5.74, 6) is -1.90. The fraction of sp³-hybridized carbons (Fsp3) is 0.120. The van der Waals surface area contributed by atoms with Gasteiger partial charge in [0.2, 0.25) is 0 Å². The zero-order chi connectivity index (χ0) is 24.0. The van der Waals surface area contributed by atoms with Crippen LogP contribution in [-0.4, -0.2) is 49.4 Å². The molecule has 0 saturated carbocycles. The highest BCUT2D eigenvalue weighted by atomic mass is 16.5. The van der Waals surface area contributed by atoms with E-state index in [1.165, 1.54) is 32.4 Å². The highest BCUT2D eigenvalue weighted by Crippen LogP contribution is 2.36. The third kappa shape index (κ3) is 3.43. The number of nitrogens with one attached hydrogen (secondary N) is 1. The summed E-state index contributed by atoms with van der Waals surface area (Å²) in [6, 6.07) is 15.0. The van der Waals surface area contributed by atoms with Gasteiger partial charge in [-0.3, -0.25) is 19.3 Å². The third-order valence-electron chi connectivity index (χ3n) is 5.63. The number of ether oxygens (including phenoxy) is 2. The molecule has 0 spiro atoms. The van der Waals surface area contributed by atoms with Gasteiger partial charge in [-0.1, -0.05) is 18.2 Å². The quantitative estimate of drug-likeness (QED) is 0.359. The van der Waals surface area contributed by atoms with Crippen molar-refractivity contribution in [1.29, 1.82) is 0 Å². The molecule has 9 nitrogen and oxygen atoms in total. The Bertz CT molecular complexity index is 1520. The second-order valence-electron chi connectivity index (χ2n) is 7.70. The summed E-state index contributed by atoms with van der Waals surface area (Å²) >= 11 is 0. The number of esters is 1. The number of methoxy groups -OCH3 is 1. The summed E-state index contributed by atoms with van der Waals surface area (Å²) in [5.41, 5.74) is 2.03. The topological polar surface area (TPSA) is 115 Å². The maximum absolute atomic E-state index is 12.5. The Hall–Kier alpha value is -4.66. The standard InChI is InChI=1S/C25H18N2O7/c1-27-23(29)15-8-7-13(9-17(15)24(27)30)25(31)33-12-22(28)26-18-11-20-16(10-21(18)32-2)14-5-3-4-6-19(14)34-20/h3-11H,12H2,1-2H3,(H,26,28). The molecule has 34 heavy (non-hydrogen) atoms. The third-order valence-corrected chi connectivity index (χ3v) is 5.63. The maximum Gasteiger partial charge on any atom is 0.338 e. The summed E-state index contributed by atoms with van der Waals surface area (Å²) < 4.78 is 16.3. The van der Waals surface area contributed by atoms with Crippen LogP contribution in [0.5, 0.6) is 5.75 Å². The van der Waals surface area contributed by atoms with Crippen molar-refractivity contribution in [1.82, 2.24) is 4.90 Å². The van der Waals surface area contributed by atoms with Gasteiger partial charge in [-0.25, -0.2) is 4.79 Å². The van der Waals surface area contributed by atoms with Gasteiger partial charge in [0.15, 0.2) is 6.61 Å². The smallest absolute Gasteiger partial charge is 0.338 e. The molecule has 9 heteroatoms. The number of hydrogen-bond acceptors (Lipinski definition) is 7. The molecule has 0 unspecified atom stereocenters. The van der Waals surface area contributed by atoms with E-state index >= 15 is 0 Å². The lowest BCUT2D eigenvalue weighted by atomic mass is 10.1. The highest BCUT2D eigenvalue weighted by molar-refractivity contribution is 6.21. The van der Waals surface area contributed by atoms with Crippen molar-refractivity contribution in [3.63, 3.8) is 0 Å². The van der Waals surface area contributed by atoms with Crippen LogP contribution >= 0.6 is 0 Å². The van der Waals surface area contributed by atoms with Crippen molar-refractivity contribution in [2.24, 2.45) is 0 Å². The first-order valence-corrected chi connectivity index (χ1v) is 10.3. The average molecular weight is 458 g/mol. The number of nitrogens with zero attached hydrogens (tertiary/aromatic N) is 1. The van der Waals surface area contributed by atoms with Crippen LogP contribution < -0.4 is 10.1 Å². The first-order valence-electron chi connectivity index (χ1n) is 10.3. The van der Waals surface area contributed by atoms with Crippen LogP contribution in [0.2, 0.25) is 0 Å². The fourth-order valence-electron chi connectivity index (χ4n) is 3.91. The lowest BCUT2D eigenvalue weighted by Crippen LogP contribution is -2.24. The van der Waals surface area contributed by atoms with Gasteiger partial charge in [0.05, 0.1) is 29.5 Å². The van der Waals surface area contributed by atoms with Gasteiger partial charge in [-0.15, -0.1) is 0 Å². The number of furan rings is 1. The summed E-state index contributed by atoms with van der Waals surface area (Å²) in [7, 11) is 2.85. The number of imide groups is 1. The van der Waals surface area contributed by atoms with E-state index in [9.17, 15) is 19.2 Å². The Kier molecular flexibility index (Phi) is 5.01. The normalized spacial score (nSPS) is 12.8. The molecule has 3 amide bonds. The molecule has 1 aliphatic heterocycles. The first kappa shape index (κ1) is 21.2. The zero-order valence-electron chi connectivity index (χ0n) is 18.2. The molecule has 1 aromatic heterocycles. The molecule has 0 bridgehead atoms. The minimum atomic E-state index is -0.799. The summed E-state index contributed by atoms with van der Waals surface area (Å²) in [4.78, 5) is 50.0. The van der Waals surface area contributed by atoms with Gasteiger partial charge in [-0.05, 0) is 30.3 Å². The Morgan fingerprint density at radius 1 is 0.941 bits per heavy atom. The van der Waals surface area contributed by atoms with Crippen LogP contribution in [0.25, 0.3) is 21.9 Å². The number of fused-ring (bicyclic) bond motifs is 4. The van der Waals surface area contributed by atoms with Crippen LogP contribution in [0, 0.1) is 0 Å². The van der Waals surface area contributed by atoms with E-state index in [0.29, 0.717) is 22.6 Å². The van der Waals surface area contributed by atoms with Crippen molar-refractivity contribution in [3.05, 3.63) is 71.3 Å². The predicted octanol–water partition coefficient (Wildman–Crippen LogP) is 3.62.